The van der Waals surface area contributed by atoms with E-state index in [0.717, 1.165) is 37.5 Å². The Kier molecular flexibility index (Phi) is 9.72. The number of carbonyl (C=O) groups excluding carboxylic acids is 1. The molecule has 0 unspecified atom stereocenters. The van der Waals surface area contributed by atoms with Crippen LogP contribution < -0.4 is 16.0 Å². The van der Waals surface area contributed by atoms with Crippen molar-refractivity contribution < 1.29 is 4.79 Å². The van der Waals surface area contributed by atoms with E-state index < -0.39 is 0 Å². The fourth-order valence-corrected chi connectivity index (χ4v) is 2.87. The first-order chi connectivity index (χ1) is 14.1. The first kappa shape index (κ1) is 22.4. The molecule has 156 valence electrons. The minimum Gasteiger partial charge on any atom is -0.356 e. The zero-order valence-electron chi connectivity index (χ0n) is 17.7. The number of hydrogen-bond donors (Lipinski definition) is 3. The van der Waals surface area contributed by atoms with Gasteiger partial charge in [0.2, 0.25) is 0 Å². The maximum atomic E-state index is 12.3. The van der Waals surface area contributed by atoms with Crippen LogP contribution in [0.5, 0.6) is 0 Å². The molecule has 0 saturated heterocycles. The van der Waals surface area contributed by atoms with E-state index in [-0.39, 0.29) is 5.91 Å². The molecule has 0 fully saturated rings. The number of nitrogens with one attached hydrogen (secondary N) is 3. The summed E-state index contributed by atoms with van der Waals surface area (Å²) >= 11 is 0. The first-order valence-electron chi connectivity index (χ1n) is 10.1. The standard InChI is InChI=1S/C23H33N5O/c1-24-23(26-14-8-12-19-9-5-4-6-10-19)27-18-20-11-7-13-21(17-20)22(29)25-15-16-28(2)3/h4-7,9-11,13,17H,8,12,14-16,18H2,1-3H3,(H,25,29)(H2,24,26,27). The zero-order chi connectivity index (χ0) is 20.9. The Morgan fingerprint density at radius 3 is 2.41 bits per heavy atom. The highest BCUT2D eigenvalue weighted by molar-refractivity contribution is 5.94. The van der Waals surface area contributed by atoms with Gasteiger partial charge in [-0.05, 0) is 50.2 Å². The number of hydrogen-bond acceptors (Lipinski definition) is 3. The summed E-state index contributed by atoms with van der Waals surface area (Å²) in [7, 11) is 5.74. The van der Waals surface area contributed by atoms with Crippen LogP contribution in [0.15, 0.2) is 59.6 Å². The molecule has 2 rings (SSSR count). The SMILES string of the molecule is CN=C(NCCCc1ccccc1)NCc1cccc(C(=O)NCCN(C)C)c1. The topological polar surface area (TPSA) is 68.8 Å². The molecule has 0 saturated carbocycles. The van der Waals surface area contributed by atoms with E-state index in [1.165, 1.54) is 5.56 Å². The second-order valence-electron chi connectivity index (χ2n) is 7.20. The average molecular weight is 396 g/mol. The molecule has 6 nitrogen and oxygen atoms in total. The molecular formula is C23H33N5O. The van der Waals surface area contributed by atoms with Crippen LogP contribution >= 0.6 is 0 Å². The molecule has 0 heterocycles. The number of guanidine groups is 1. The third-order valence-corrected chi connectivity index (χ3v) is 4.49. The summed E-state index contributed by atoms with van der Waals surface area (Å²) < 4.78 is 0. The normalized spacial score (nSPS) is 11.4. The lowest BCUT2D eigenvalue weighted by atomic mass is 10.1. The van der Waals surface area contributed by atoms with Gasteiger partial charge in [0.25, 0.3) is 5.91 Å². The minimum absolute atomic E-state index is 0.0443. The Labute approximate surface area is 174 Å². The Morgan fingerprint density at radius 1 is 0.931 bits per heavy atom. The number of likely N-dealkylation sites (N-methyl/N-ethyl adjacent to an activating group) is 1. The van der Waals surface area contributed by atoms with Gasteiger partial charge in [-0.1, -0.05) is 42.5 Å². The Hall–Kier alpha value is -2.86. The summed E-state index contributed by atoms with van der Waals surface area (Å²) in [5.41, 5.74) is 3.06. The van der Waals surface area contributed by atoms with Gasteiger partial charge in [0.1, 0.15) is 0 Å². The van der Waals surface area contributed by atoms with Gasteiger partial charge in [-0.2, -0.15) is 0 Å². The molecule has 2 aromatic carbocycles. The van der Waals surface area contributed by atoms with E-state index in [1.807, 2.05) is 49.3 Å². The maximum Gasteiger partial charge on any atom is 0.251 e. The molecule has 0 radical (unpaired) electrons. The highest BCUT2D eigenvalue weighted by atomic mass is 16.1. The third-order valence-electron chi connectivity index (χ3n) is 4.49. The molecule has 0 aliphatic heterocycles. The number of amides is 1. The highest BCUT2D eigenvalue weighted by Gasteiger charge is 2.06. The van der Waals surface area contributed by atoms with Crippen molar-refractivity contribution in [1.29, 1.82) is 0 Å². The molecule has 3 N–H and O–H groups in total. The van der Waals surface area contributed by atoms with Gasteiger partial charge in [-0.25, -0.2) is 0 Å². The van der Waals surface area contributed by atoms with E-state index >= 15 is 0 Å². The lowest BCUT2D eigenvalue weighted by Crippen LogP contribution is -2.37. The van der Waals surface area contributed by atoms with E-state index in [4.69, 9.17) is 0 Å². The van der Waals surface area contributed by atoms with Gasteiger partial charge in [0, 0.05) is 38.8 Å². The van der Waals surface area contributed by atoms with Crippen molar-refractivity contribution in [2.75, 3.05) is 40.8 Å². The predicted octanol–water partition coefficient (Wildman–Crippen LogP) is 2.28. The molecule has 0 bridgehead atoms. The van der Waals surface area contributed by atoms with Crippen LogP contribution in [0.3, 0.4) is 0 Å². The summed E-state index contributed by atoms with van der Waals surface area (Å²) in [6.45, 7) is 2.91. The van der Waals surface area contributed by atoms with E-state index in [9.17, 15) is 4.79 Å². The fraction of sp³-hybridized carbons (Fsp3) is 0.391. The molecule has 0 spiro atoms. The molecule has 0 aliphatic rings. The Balaban J connectivity index is 1.75. The zero-order valence-corrected chi connectivity index (χ0v) is 17.7. The van der Waals surface area contributed by atoms with Crippen molar-refractivity contribution in [3.8, 4) is 0 Å². The van der Waals surface area contributed by atoms with Crippen molar-refractivity contribution in [2.24, 2.45) is 4.99 Å². The minimum atomic E-state index is -0.0443. The lowest BCUT2D eigenvalue weighted by molar-refractivity contribution is 0.0951. The van der Waals surface area contributed by atoms with Gasteiger partial charge < -0.3 is 20.9 Å². The summed E-state index contributed by atoms with van der Waals surface area (Å²) in [5, 5.41) is 9.59. The first-order valence-corrected chi connectivity index (χ1v) is 10.1. The van der Waals surface area contributed by atoms with Crippen LogP contribution in [0.4, 0.5) is 0 Å². The monoisotopic (exact) mass is 395 g/mol. The van der Waals surface area contributed by atoms with E-state index in [1.54, 1.807) is 7.05 Å². The van der Waals surface area contributed by atoms with Crippen LogP contribution in [-0.4, -0.2) is 57.5 Å². The van der Waals surface area contributed by atoms with Crippen molar-refractivity contribution in [2.45, 2.75) is 19.4 Å². The quantitative estimate of drug-likeness (QED) is 0.328. The second-order valence-corrected chi connectivity index (χ2v) is 7.20. The van der Waals surface area contributed by atoms with Gasteiger partial charge in [0.15, 0.2) is 5.96 Å². The summed E-state index contributed by atoms with van der Waals surface area (Å²) in [6.07, 6.45) is 2.07. The summed E-state index contributed by atoms with van der Waals surface area (Å²) in [5.74, 6) is 0.719. The van der Waals surface area contributed by atoms with Gasteiger partial charge in [-0.15, -0.1) is 0 Å². The number of benzene rings is 2. The second kappa shape index (κ2) is 12.6. The van der Waals surface area contributed by atoms with Crippen LogP contribution in [0, 0.1) is 0 Å². The molecular weight excluding hydrogens is 362 g/mol. The van der Waals surface area contributed by atoms with Crippen LogP contribution in [0.25, 0.3) is 0 Å². The van der Waals surface area contributed by atoms with Crippen molar-refractivity contribution in [3.63, 3.8) is 0 Å². The predicted molar refractivity (Wildman–Crippen MR) is 120 cm³/mol. The molecule has 29 heavy (non-hydrogen) atoms. The van der Waals surface area contributed by atoms with Crippen LogP contribution in [0.2, 0.25) is 0 Å². The number of aliphatic imine (C=N–C) groups is 1. The van der Waals surface area contributed by atoms with Crippen molar-refractivity contribution >= 4 is 11.9 Å². The molecule has 0 atom stereocenters. The Morgan fingerprint density at radius 2 is 1.69 bits per heavy atom. The van der Waals surface area contributed by atoms with Crippen LogP contribution in [-0.2, 0) is 13.0 Å². The van der Waals surface area contributed by atoms with E-state index in [2.05, 4.69) is 45.2 Å². The Bertz CT molecular complexity index is 774. The van der Waals surface area contributed by atoms with Crippen molar-refractivity contribution in [1.82, 2.24) is 20.9 Å². The maximum absolute atomic E-state index is 12.3. The lowest BCUT2D eigenvalue weighted by Gasteiger charge is -2.13. The third kappa shape index (κ3) is 8.79. The van der Waals surface area contributed by atoms with Gasteiger partial charge >= 0.3 is 0 Å². The largest absolute Gasteiger partial charge is 0.356 e. The van der Waals surface area contributed by atoms with Crippen LogP contribution in [0.1, 0.15) is 27.9 Å². The number of carbonyl (C=O) groups is 1. The van der Waals surface area contributed by atoms with Gasteiger partial charge in [-0.3, -0.25) is 9.79 Å². The molecule has 2 aromatic rings. The molecule has 0 aromatic heterocycles. The van der Waals surface area contributed by atoms with Gasteiger partial charge in [0.05, 0.1) is 0 Å². The summed E-state index contributed by atoms with van der Waals surface area (Å²) in [4.78, 5) is 18.6. The molecule has 1 amide bonds. The van der Waals surface area contributed by atoms with E-state index in [0.29, 0.717) is 18.7 Å². The average Bonchev–Trinajstić information content (AvgIpc) is 2.74. The smallest absolute Gasteiger partial charge is 0.251 e. The molecule has 6 heteroatoms. The summed E-state index contributed by atoms with van der Waals surface area (Å²) in [6, 6.07) is 18.1. The number of rotatable bonds is 10. The highest BCUT2D eigenvalue weighted by Crippen LogP contribution is 2.05. The number of nitrogens with zero attached hydrogens (tertiary/aromatic N) is 2. The fourth-order valence-electron chi connectivity index (χ4n) is 2.87. The van der Waals surface area contributed by atoms with Crippen molar-refractivity contribution in [3.05, 3.63) is 71.3 Å². The molecule has 0 aliphatic carbocycles. The number of aryl methyl sites for hydroxylation is 1.